The molecule has 1 aliphatic rings. The first kappa shape index (κ1) is 21.6. The molecule has 0 spiro atoms. The van der Waals surface area contributed by atoms with Crippen LogP contribution in [-0.2, 0) is 9.53 Å². The molecule has 3 aromatic rings. The van der Waals surface area contributed by atoms with Crippen molar-refractivity contribution in [3.05, 3.63) is 48.9 Å². The van der Waals surface area contributed by atoms with Crippen LogP contribution in [0.25, 0.3) is 22.2 Å². The van der Waals surface area contributed by atoms with Crippen molar-refractivity contribution in [2.24, 2.45) is 5.92 Å². The predicted molar refractivity (Wildman–Crippen MR) is 120 cm³/mol. The fraction of sp³-hybridized carbons (Fsp3) is 0.304. The molecular weight excluding hydrogens is 413 g/mol. The standard InChI is InChI=1S/C23H24FN5O3/c1-4-15(30)8-14-11-32-12-18(14)28-23-26-10-13-9-17(27-22(25-2)21(13)29-23)16-6-5-7-19(31-3)20(16)24/h4-7,9-10,14,18H,1,8,11-12H2,2-3H3,(H,25,27)(H,26,28,29)/t14-,18+/m0/s1. The lowest BCUT2D eigenvalue weighted by Gasteiger charge is -2.18. The number of rotatable bonds is 8. The number of hydrogen-bond acceptors (Lipinski definition) is 8. The van der Waals surface area contributed by atoms with E-state index in [1.165, 1.54) is 13.2 Å². The van der Waals surface area contributed by atoms with Crippen LogP contribution in [0.15, 0.2) is 43.1 Å². The average Bonchev–Trinajstić information content (AvgIpc) is 3.24. The summed E-state index contributed by atoms with van der Waals surface area (Å²) < 4.78 is 25.4. The second-order valence-electron chi connectivity index (χ2n) is 7.48. The van der Waals surface area contributed by atoms with Gasteiger partial charge in [0.1, 0.15) is 5.52 Å². The molecule has 3 heterocycles. The molecule has 0 bridgehead atoms. The summed E-state index contributed by atoms with van der Waals surface area (Å²) in [5.41, 5.74) is 1.35. The minimum atomic E-state index is -0.482. The van der Waals surface area contributed by atoms with Crippen molar-refractivity contribution in [1.82, 2.24) is 15.0 Å². The lowest BCUT2D eigenvalue weighted by atomic mass is 9.97. The zero-order chi connectivity index (χ0) is 22.7. The van der Waals surface area contributed by atoms with Crippen LogP contribution in [0, 0.1) is 11.7 Å². The van der Waals surface area contributed by atoms with E-state index >= 15 is 0 Å². The Hall–Kier alpha value is -3.59. The van der Waals surface area contributed by atoms with Gasteiger partial charge in [0.15, 0.2) is 23.2 Å². The molecular formula is C23H24FN5O3. The number of ketones is 1. The van der Waals surface area contributed by atoms with Crippen LogP contribution in [0.4, 0.5) is 16.2 Å². The Kier molecular flexibility index (Phi) is 6.27. The Morgan fingerprint density at radius 3 is 2.97 bits per heavy atom. The van der Waals surface area contributed by atoms with Gasteiger partial charge < -0.3 is 20.1 Å². The number of anilines is 2. The number of ether oxygens (including phenoxy) is 2. The second kappa shape index (κ2) is 9.27. The van der Waals surface area contributed by atoms with Crippen LogP contribution >= 0.6 is 0 Å². The van der Waals surface area contributed by atoms with Crippen LogP contribution < -0.4 is 15.4 Å². The van der Waals surface area contributed by atoms with E-state index in [0.717, 1.165) is 0 Å². The minimum absolute atomic E-state index is 0.0140. The molecule has 1 aliphatic heterocycles. The van der Waals surface area contributed by atoms with Crippen molar-refractivity contribution in [3.63, 3.8) is 0 Å². The van der Waals surface area contributed by atoms with Crippen LogP contribution in [0.1, 0.15) is 6.42 Å². The van der Waals surface area contributed by atoms with Crippen molar-refractivity contribution in [2.75, 3.05) is 38.0 Å². The highest BCUT2D eigenvalue weighted by Gasteiger charge is 2.30. The molecule has 1 fully saturated rings. The van der Waals surface area contributed by atoms with Gasteiger partial charge in [-0.25, -0.2) is 19.3 Å². The molecule has 1 saturated heterocycles. The lowest BCUT2D eigenvalue weighted by molar-refractivity contribution is -0.115. The summed E-state index contributed by atoms with van der Waals surface area (Å²) in [6.07, 6.45) is 3.34. The van der Waals surface area contributed by atoms with Crippen molar-refractivity contribution in [1.29, 1.82) is 0 Å². The predicted octanol–water partition coefficient (Wildman–Crippen LogP) is 3.45. The van der Waals surface area contributed by atoms with E-state index in [9.17, 15) is 9.18 Å². The van der Waals surface area contributed by atoms with Gasteiger partial charge in [0.05, 0.1) is 32.1 Å². The fourth-order valence-corrected chi connectivity index (χ4v) is 3.75. The number of fused-ring (bicyclic) bond motifs is 1. The quantitative estimate of drug-likeness (QED) is 0.517. The molecule has 0 saturated carbocycles. The summed E-state index contributed by atoms with van der Waals surface area (Å²) in [5, 5.41) is 7.00. The third-order valence-electron chi connectivity index (χ3n) is 5.47. The van der Waals surface area contributed by atoms with Gasteiger partial charge in [0, 0.05) is 36.5 Å². The summed E-state index contributed by atoms with van der Waals surface area (Å²) in [6, 6.07) is 6.56. The van der Waals surface area contributed by atoms with Crippen molar-refractivity contribution < 1.29 is 18.7 Å². The number of carbonyl (C=O) groups is 1. The van der Waals surface area contributed by atoms with E-state index in [1.54, 1.807) is 37.5 Å². The third kappa shape index (κ3) is 4.24. The van der Waals surface area contributed by atoms with Crippen LogP contribution in [0.3, 0.4) is 0 Å². The molecule has 166 valence electrons. The van der Waals surface area contributed by atoms with Gasteiger partial charge in [-0.1, -0.05) is 12.6 Å². The maximum absolute atomic E-state index is 14.8. The largest absolute Gasteiger partial charge is 0.494 e. The van der Waals surface area contributed by atoms with Gasteiger partial charge in [-0.2, -0.15) is 0 Å². The van der Waals surface area contributed by atoms with Crippen molar-refractivity contribution in [2.45, 2.75) is 12.5 Å². The Balaban J connectivity index is 1.66. The zero-order valence-corrected chi connectivity index (χ0v) is 17.9. The highest BCUT2D eigenvalue weighted by atomic mass is 19.1. The minimum Gasteiger partial charge on any atom is -0.494 e. The molecule has 1 aromatic carbocycles. The van der Waals surface area contributed by atoms with Gasteiger partial charge >= 0.3 is 0 Å². The summed E-state index contributed by atoms with van der Waals surface area (Å²) >= 11 is 0. The monoisotopic (exact) mass is 437 g/mol. The van der Waals surface area contributed by atoms with Crippen molar-refractivity contribution in [3.8, 4) is 17.0 Å². The fourth-order valence-electron chi connectivity index (χ4n) is 3.75. The molecule has 0 amide bonds. The summed E-state index contributed by atoms with van der Waals surface area (Å²) in [4.78, 5) is 25.3. The SMILES string of the molecule is C=CC(=O)C[C@H]1COC[C@H]1Nc1ncc2cc(-c3cccc(OC)c3F)nc(NC)c2n1. The number of nitrogens with one attached hydrogen (secondary N) is 2. The number of halogens is 1. The Bertz CT molecular complexity index is 1170. The molecule has 0 aliphatic carbocycles. The molecule has 32 heavy (non-hydrogen) atoms. The Morgan fingerprint density at radius 2 is 2.22 bits per heavy atom. The number of methoxy groups -OCH3 is 1. The molecule has 8 nitrogen and oxygen atoms in total. The maximum Gasteiger partial charge on any atom is 0.223 e. The number of benzene rings is 1. The summed E-state index contributed by atoms with van der Waals surface area (Å²) in [6.45, 7) is 4.48. The first-order valence-electron chi connectivity index (χ1n) is 10.2. The zero-order valence-electron chi connectivity index (χ0n) is 17.9. The van der Waals surface area contributed by atoms with Crippen LogP contribution in [0.2, 0.25) is 0 Å². The van der Waals surface area contributed by atoms with E-state index in [0.29, 0.717) is 53.6 Å². The smallest absolute Gasteiger partial charge is 0.223 e. The van der Waals surface area contributed by atoms with Crippen LogP contribution in [0.5, 0.6) is 5.75 Å². The third-order valence-corrected chi connectivity index (χ3v) is 5.47. The molecule has 9 heteroatoms. The lowest BCUT2D eigenvalue weighted by Crippen LogP contribution is -2.30. The molecule has 2 N–H and O–H groups in total. The molecule has 0 unspecified atom stereocenters. The van der Waals surface area contributed by atoms with E-state index in [-0.39, 0.29) is 23.5 Å². The van der Waals surface area contributed by atoms with Gasteiger partial charge in [0.25, 0.3) is 0 Å². The summed E-state index contributed by atoms with van der Waals surface area (Å²) in [7, 11) is 3.15. The topological polar surface area (TPSA) is 98.3 Å². The summed E-state index contributed by atoms with van der Waals surface area (Å²) in [5.74, 6) is 0.554. The normalized spacial score (nSPS) is 17.8. The Labute approximate surface area is 184 Å². The van der Waals surface area contributed by atoms with Gasteiger partial charge in [-0.05, 0) is 24.3 Å². The average molecular weight is 437 g/mol. The number of nitrogens with zero attached hydrogens (tertiary/aromatic N) is 3. The highest BCUT2D eigenvalue weighted by Crippen LogP contribution is 2.32. The van der Waals surface area contributed by atoms with Gasteiger partial charge in [0.2, 0.25) is 5.95 Å². The first-order valence-corrected chi connectivity index (χ1v) is 10.2. The van der Waals surface area contributed by atoms with Crippen LogP contribution in [-0.4, -0.2) is 54.1 Å². The Morgan fingerprint density at radius 1 is 1.38 bits per heavy atom. The maximum atomic E-state index is 14.8. The first-order chi connectivity index (χ1) is 15.5. The van der Waals surface area contributed by atoms with E-state index in [4.69, 9.17) is 9.47 Å². The van der Waals surface area contributed by atoms with E-state index in [1.807, 2.05) is 0 Å². The highest BCUT2D eigenvalue weighted by molar-refractivity contribution is 5.92. The van der Waals surface area contributed by atoms with E-state index in [2.05, 4.69) is 32.2 Å². The van der Waals surface area contributed by atoms with E-state index < -0.39 is 5.82 Å². The van der Waals surface area contributed by atoms with Gasteiger partial charge in [-0.15, -0.1) is 0 Å². The van der Waals surface area contributed by atoms with Crippen molar-refractivity contribution >= 4 is 28.5 Å². The number of hydrogen-bond donors (Lipinski definition) is 2. The number of pyridine rings is 1. The molecule has 2 atom stereocenters. The number of carbonyl (C=O) groups excluding carboxylic acids is 1. The number of allylic oxidation sites excluding steroid dienone is 1. The van der Waals surface area contributed by atoms with Gasteiger partial charge in [-0.3, -0.25) is 4.79 Å². The molecule has 4 rings (SSSR count). The number of aromatic nitrogens is 3. The second-order valence-corrected chi connectivity index (χ2v) is 7.48. The molecule has 0 radical (unpaired) electrons. The molecule has 2 aromatic heterocycles.